The molecular formula is C15H23IN4O3. The van der Waals surface area contributed by atoms with Gasteiger partial charge in [0.15, 0.2) is 0 Å². The third kappa shape index (κ3) is 3.96. The number of H-pyrrole nitrogens is 1. The highest BCUT2D eigenvalue weighted by atomic mass is 127. The number of nitrogens with zero attached hydrogens (tertiary/aromatic N) is 2. The summed E-state index contributed by atoms with van der Waals surface area (Å²) in [6, 6.07) is -0.586. The van der Waals surface area contributed by atoms with Crippen molar-refractivity contribution in [2.45, 2.75) is 51.7 Å². The molecule has 3 atom stereocenters. The lowest BCUT2D eigenvalue weighted by molar-refractivity contribution is -0.137. The molecule has 0 spiro atoms. The van der Waals surface area contributed by atoms with Crippen LogP contribution < -0.4 is 5.32 Å². The van der Waals surface area contributed by atoms with Crippen molar-refractivity contribution in [1.82, 2.24) is 20.2 Å². The first-order valence-corrected chi connectivity index (χ1v) is 8.80. The van der Waals surface area contributed by atoms with Gasteiger partial charge < -0.3 is 19.9 Å². The number of alkyl carbamates (subject to hydrolysis) is 1. The molecule has 8 heteroatoms. The molecule has 1 unspecified atom stereocenters. The van der Waals surface area contributed by atoms with Gasteiger partial charge in [0, 0.05) is 6.04 Å². The van der Waals surface area contributed by atoms with E-state index in [1.54, 1.807) is 6.20 Å². The summed E-state index contributed by atoms with van der Waals surface area (Å²) in [7, 11) is 1.29. The second-order valence-corrected chi connectivity index (χ2v) is 7.32. The maximum absolute atomic E-state index is 13.1. The number of carbonyl (C=O) groups is 2. The average Bonchev–Trinajstić information content (AvgIpc) is 3.09. The summed E-state index contributed by atoms with van der Waals surface area (Å²) in [5, 5.41) is 2.66. The molecule has 0 radical (unpaired) electrons. The van der Waals surface area contributed by atoms with Crippen LogP contribution in [-0.2, 0) is 9.53 Å². The van der Waals surface area contributed by atoms with Gasteiger partial charge in [0.1, 0.15) is 11.9 Å². The van der Waals surface area contributed by atoms with E-state index in [0.717, 1.165) is 22.4 Å². The Morgan fingerprint density at radius 3 is 2.70 bits per heavy atom. The van der Waals surface area contributed by atoms with E-state index in [4.69, 9.17) is 0 Å². The van der Waals surface area contributed by atoms with E-state index in [9.17, 15) is 9.59 Å². The molecule has 2 rings (SSSR count). The fourth-order valence-electron chi connectivity index (χ4n) is 2.97. The van der Waals surface area contributed by atoms with Crippen LogP contribution in [0.25, 0.3) is 0 Å². The van der Waals surface area contributed by atoms with Crippen LogP contribution in [0, 0.1) is 9.62 Å². The fraction of sp³-hybridized carbons (Fsp3) is 0.667. The highest BCUT2D eigenvalue weighted by Gasteiger charge is 2.40. The minimum absolute atomic E-state index is 0.0354. The van der Waals surface area contributed by atoms with Gasteiger partial charge in [-0.15, -0.1) is 0 Å². The normalized spacial score (nSPS) is 22.3. The Hall–Kier alpha value is -1.32. The van der Waals surface area contributed by atoms with Gasteiger partial charge in [0.25, 0.3) is 0 Å². The molecule has 128 valence electrons. The number of aromatic nitrogens is 2. The number of halogens is 1. The number of nitrogens with one attached hydrogen (secondary N) is 2. The second kappa shape index (κ2) is 7.50. The van der Waals surface area contributed by atoms with E-state index in [2.05, 4.69) is 42.6 Å². The van der Waals surface area contributed by atoms with Crippen molar-refractivity contribution in [2.24, 2.45) is 5.92 Å². The highest BCUT2D eigenvalue weighted by Crippen LogP contribution is 2.35. The lowest BCUT2D eigenvalue weighted by Gasteiger charge is -2.32. The summed E-state index contributed by atoms with van der Waals surface area (Å²) in [6.45, 7) is 5.84. The van der Waals surface area contributed by atoms with Crippen molar-refractivity contribution >= 4 is 34.6 Å². The molecule has 0 saturated carbocycles. The fourth-order valence-corrected chi connectivity index (χ4v) is 3.38. The lowest BCUT2D eigenvalue weighted by Crippen LogP contribution is -2.52. The van der Waals surface area contributed by atoms with Crippen molar-refractivity contribution in [2.75, 3.05) is 7.11 Å². The summed E-state index contributed by atoms with van der Waals surface area (Å²) in [5.41, 5.74) is 0. The van der Waals surface area contributed by atoms with Gasteiger partial charge in [-0.1, -0.05) is 13.8 Å². The minimum Gasteiger partial charge on any atom is -0.453 e. The SMILES string of the molecule is COC(=O)NC(C(=O)N1[C@@H](C)CC[C@H]1c1ncc(I)[nH]1)C(C)C. The maximum Gasteiger partial charge on any atom is 0.407 e. The predicted octanol–water partition coefficient (Wildman–Crippen LogP) is 2.45. The average molecular weight is 434 g/mol. The van der Waals surface area contributed by atoms with Gasteiger partial charge in [-0.2, -0.15) is 0 Å². The molecule has 7 nitrogen and oxygen atoms in total. The maximum atomic E-state index is 13.1. The van der Waals surface area contributed by atoms with Crippen molar-refractivity contribution < 1.29 is 14.3 Å². The largest absolute Gasteiger partial charge is 0.453 e. The number of aromatic amines is 1. The Labute approximate surface area is 149 Å². The van der Waals surface area contributed by atoms with Gasteiger partial charge in [-0.05, 0) is 48.3 Å². The molecule has 0 bridgehead atoms. The first-order chi connectivity index (χ1) is 10.8. The molecular weight excluding hydrogens is 411 g/mol. The van der Waals surface area contributed by atoms with Crippen LogP contribution in [0.5, 0.6) is 0 Å². The van der Waals surface area contributed by atoms with Gasteiger partial charge >= 0.3 is 6.09 Å². The molecule has 1 aliphatic rings. The number of rotatable bonds is 4. The minimum atomic E-state index is -0.612. The Bertz CT molecular complexity index is 575. The number of carbonyl (C=O) groups excluding carboxylic acids is 2. The van der Waals surface area contributed by atoms with E-state index in [1.807, 2.05) is 25.7 Å². The Balaban J connectivity index is 2.24. The van der Waals surface area contributed by atoms with E-state index >= 15 is 0 Å². The summed E-state index contributed by atoms with van der Waals surface area (Å²) >= 11 is 2.17. The summed E-state index contributed by atoms with van der Waals surface area (Å²) < 4.78 is 5.59. The zero-order chi connectivity index (χ0) is 17.1. The molecule has 2 amide bonds. The number of hydrogen-bond donors (Lipinski definition) is 2. The van der Waals surface area contributed by atoms with Gasteiger partial charge in [0.05, 0.1) is 23.0 Å². The van der Waals surface area contributed by atoms with Crippen molar-refractivity contribution in [1.29, 1.82) is 0 Å². The molecule has 2 heterocycles. The standard InChI is InChI=1S/C15H23IN4O3/c1-8(2)12(19-15(22)23-4)14(21)20-9(3)5-6-10(20)13-17-7-11(16)18-13/h7-10,12H,5-6H2,1-4H3,(H,17,18)(H,19,22)/t9-,10-,12?/m0/s1. The lowest BCUT2D eigenvalue weighted by atomic mass is 10.0. The van der Waals surface area contributed by atoms with E-state index in [-0.39, 0.29) is 23.9 Å². The topological polar surface area (TPSA) is 87.3 Å². The zero-order valence-electron chi connectivity index (χ0n) is 13.8. The Kier molecular flexibility index (Phi) is 5.88. The number of methoxy groups -OCH3 is 1. The number of amides is 2. The van der Waals surface area contributed by atoms with Crippen LogP contribution in [0.15, 0.2) is 6.20 Å². The number of ether oxygens (including phenoxy) is 1. The van der Waals surface area contributed by atoms with Crippen LogP contribution >= 0.6 is 22.6 Å². The van der Waals surface area contributed by atoms with Crippen LogP contribution in [0.4, 0.5) is 4.79 Å². The molecule has 1 saturated heterocycles. The highest BCUT2D eigenvalue weighted by molar-refractivity contribution is 14.1. The Morgan fingerprint density at radius 2 is 2.17 bits per heavy atom. The number of hydrogen-bond acceptors (Lipinski definition) is 4. The molecule has 0 aromatic carbocycles. The molecule has 1 aliphatic heterocycles. The zero-order valence-corrected chi connectivity index (χ0v) is 16.0. The first-order valence-electron chi connectivity index (χ1n) is 7.72. The molecule has 0 aliphatic carbocycles. The van der Waals surface area contributed by atoms with Crippen LogP contribution in [-0.4, -0.2) is 46.1 Å². The van der Waals surface area contributed by atoms with Crippen LogP contribution in [0.3, 0.4) is 0 Å². The quantitative estimate of drug-likeness (QED) is 0.713. The van der Waals surface area contributed by atoms with Crippen molar-refractivity contribution in [3.05, 3.63) is 15.7 Å². The van der Waals surface area contributed by atoms with Gasteiger partial charge in [-0.25, -0.2) is 9.78 Å². The summed E-state index contributed by atoms with van der Waals surface area (Å²) in [6.07, 6.45) is 2.94. The molecule has 1 aromatic rings. The van der Waals surface area contributed by atoms with Crippen LogP contribution in [0.2, 0.25) is 0 Å². The molecule has 23 heavy (non-hydrogen) atoms. The van der Waals surface area contributed by atoms with E-state index < -0.39 is 12.1 Å². The van der Waals surface area contributed by atoms with E-state index in [1.165, 1.54) is 7.11 Å². The Morgan fingerprint density at radius 1 is 1.48 bits per heavy atom. The van der Waals surface area contributed by atoms with Crippen molar-refractivity contribution in [3.8, 4) is 0 Å². The molecule has 1 aromatic heterocycles. The first kappa shape index (κ1) is 18.0. The summed E-state index contributed by atoms with van der Waals surface area (Å²) in [4.78, 5) is 34.0. The third-order valence-electron chi connectivity index (χ3n) is 4.19. The van der Waals surface area contributed by atoms with Crippen LogP contribution in [0.1, 0.15) is 45.5 Å². The predicted molar refractivity (Wildman–Crippen MR) is 93.8 cm³/mol. The van der Waals surface area contributed by atoms with Gasteiger partial charge in [0.2, 0.25) is 5.91 Å². The third-order valence-corrected chi connectivity index (χ3v) is 4.74. The second-order valence-electron chi connectivity index (χ2n) is 6.16. The number of imidazole rings is 1. The number of likely N-dealkylation sites (tertiary alicyclic amines) is 1. The van der Waals surface area contributed by atoms with Gasteiger partial charge in [-0.3, -0.25) is 4.79 Å². The van der Waals surface area contributed by atoms with E-state index in [0.29, 0.717) is 0 Å². The summed E-state index contributed by atoms with van der Waals surface area (Å²) in [5.74, 6) is 0.672. The molecule has 2 N–H and O–H groups in total. The smallest absolute Gasteiger partial charge is 0.407 e. The molecule has 1 fully saturated rings. The van der Waals surface area contributed by atoms with Crippen molar-refractivity contribution in [3.63, 3.8) is 0 Å². The monoisotopic (exact) mass is 434 g/mol.